The van der Waals surface area contributed by atoms with E-state index in [2.05, 4.69) is 53.7 Å². The number of hydrogen-bond acceptors (Lipinski definition) is 4. The Morgan fingerprint density at radius 3 is 1.58 bits per heavy atom. The molecule has 0 aliphatic heterocycles. The number of phenolic OH excluding ortho intramolecular Hbond substituents is 1. The molecule has 0 aromatic heterocycles. The van der Waals surface area contributed by atoms with Gasteiger partial charge in [0, 0.05) is 6.16 Å². The smallest absolute Gasteiger partial charge is 0.193 e. The van der Waals surface area contributed by atoms with Gasteiger partial charge in [-0.3, -0.25) is 0 Å². The third-order valence-electron chi connectivity index (χ3n) is 3.81. The summed E-state index contributed by atoms with van der Waals surface area (Å²) in [6.07, 6.45) is 0.580. The molecule has 1 N–H and O–H groups in total. The Balaban J connectivity index is 3.46. The molecule has 5 heteroatoms. The quantitative estimate of drug-likeness (QED) is 0.634. The highest BCUT2D eigenvalue weighted by Crippen LogP contribution is 2.53. The second-order valence-electron chi connectivity index (χ2n) is 8.14. The molecule has 0 bridgehead atoms. The minimum atomic E-state index is -2.35. The molecular weight excluding hydrogens is 339 g/mol. The van der Waals surface area contributed by atoms with Crippen LogP contribution in [-0.2, 0) is 37.8 Å². The molecule has 3 nitrogen and oxygen atoms in total. The van der Waals surface area contributed by atoms with Crippen LogP contribution in [-0.4, -0.2) is 18.3 Å². The number of hydrogen-bond donors (Lipinski definition) is 1. The molecule has 0 aliphatic rings. The summed E-state index contributed by atoms with van der Waals surface area (Å²) in [5.74, 6) is 0.389. The van der Waals surface area contributed by atoms with Gasteiger partial charge in [-0.2, -0.15) is 0 Å². The highest BCUT2D eigenvalue weighted by molar-refractivity contribution is 8.09. The molecule has 138 valence electrons. The molecule has 0 atom stereocenters. The van der Waals surface area contributed by atoms with E-state index in [0.717, 1.165) is 16.7 Å². The highest BCUT2D eigenvalue weighted by Gasteiger charge is 2.28. The molecule has 0 heterocycles. The number of aromatic hydroxyl groups is 1. The van der Waals surface area contributed by atoms with Crippen LogP contribution in [0.25, 0.3) is 0 Å². The van der Waals surface area contributed by atoms with Crippen LogP contribution in [0.1, 0.15) is 72.1 Å². The lowest BCUT2D eigenvalue weighted by Crippen LogP contribution is -2.18. The van der Waals surface area contributed by atoms with Gasteiger partial charge in [-0.15, -0.1) is 0 Å². The van der Waals surface area contributed by atoms with Crippen LogP contribution in [0.2, 0.25) is 0 Å². The fourth-order valence-corrected chi connectivity index (χ4v) is 5.43. The average molecular weight is 373 g/mol. The second-order valence-corrected chi connectivity index (χ2v) is 11.9. The van der Waals surface area contributed by atoms with E-state index >= 15 is 0 Å². The third kappa shape index (κ3) is 5.56. The maximum atomic E-state index is 10.8. The summed E-state index contributed by atoms with van der Waals surface area (Å²) in [5.41, 5.74) is 2.66. The van der Waals surface area contributed by atoms with Gasteiger partial charge in [-0.1, -0.05) is 53.7 Å². The summed E-state index contributed by atoms with van der Waals surface area (Å²) in [5, 5.41) is 10.8. The molecule has 0 unspecified atom stereocenters. The first-order valence-corrected chi connectivity index (χ1v) is 11.4. The second kappa shape index (κ2) is 7.86. The van der Waals surface area contributed by atoms with E-state index in [1.165, 1.54) is 0 Å². The molecule has 24 heavy (non-hydrogen) atoms. The Morgan fingerprint density at radius 2 is 1.29 bits per heavy atom. The predicted molar refractivity (Wildman–Crippen MR) is 107 cm³/mol. The van der Waals surface area contributed by atoms with Crippen molar-refractivity contribution in [3.8, 4) is 5.75 Å². The first kappa shape index (κ1) is 21.6. The molecule has 0 radical (unpaired) electrons. The molecule has 0 spiro atoms. The molecular formula is C19H33O3PS. The Bertz CT molecular complexity index is 567. The van der Waals surface area contributed by atoms with Gasteiger partial charge in [-0.25, -0.2) is 0 Å². The maximum absolute atomic E-state index is 10.8. The SMILES string of the molecule is CCOP(=S)(Cc1cc(C(C)(C)C)c(O)c(C(C)(C)C)c1)OCC. The molecule has 0 aliphatic carbocycles. The molecule has 0 saturated carbocycles. The van der Waals surface area contributed by atoms with Crippen molar-refractivity contribution < 1.29 is 14.2 Å². The van der Waals surface area contributed by atoms with Gasteiger partial charge in [-0.05, 0) is 53.2 Å². The van der Waals surface area contributed by atoms with Gasteiger partial charge in [0.1, 0.15) is 5.75 Å². The summed E-state index contributed by atoms with van der Waals surface area (Å²) in [7, 11) is 0. The molecule has 1 aromatic carbocycles. The van der Waals surface area contributed by atoms with E-state index in [-0.39, 0.29) is 10.8 Å². The average Bonchev–Trinajstić information content (AvgIpc) is 2.38. The van der Waals surface area contributed by atoms with Crippen LogP contribution in [0.5, 0.6) is 5.75 Å². The van der Waals surface area contributed by atoms with Crippen molar-refractivity contribution in [1.82, 2.24) is 0 Å². The van der Waals surface area contributed by atoms with Crippen LogP contribution in [0.3, 0.4) is 0 Å². The van der Waals surface area contributed by atoms with Crippen LogP contribution in [0, 0.1) is 0 Å². The summed E-state index contributed by atoms with van der Waals surface area (Å²) in [6.45, 7) is 15.3. The lowest BCUT2D eigenvalue weighted by Gasteiger charge is -2.29. The molecule has 1 rings (SSSR count). The van der Waals surface area contributed by atoms with Crippen molar-refractivity contribution >= 4 is 18.3 Å². The van der Waals surface area contributed by atoms with Crippen molar-refractivity contribution in [3.63, 3.8) is 0 Å². The first-order valence-electron chi connectivity index (χ1n) is 8.59. The predicted octanol–water partition coefficient (Wildman–Crippen LogP) is 5.87. The fraction of sp³-hybridized carbons (Fsp3) is 0.684. The minimum absolute atomic E-state index is 0.153. The van der Waals surface area contributed by atoms with E-state index < -0.39 is 6.49 Å². The number of rotatable bonds is 6. The first-order chi connectivity index (χ1) is 10.8. The van der Waals surface area contributed by atoms with Crippen molar-refractivity contribution in [3.05, 3.63) is 28.8 Å². The van der Waals surface area contributed by atoms with Gasteiger partial charge in [0.15, 0.2) is 6.49 Å². The topological polar surface area (TPSA) is 38.7 Å². The largest absolute Gasteiger partial charge is 0.507 e. The van der Waals surface area contributed by atoms with E-state index in [1.54, 1.807) is 0 Å². The normalized spacial score (nSPS) is 13.3. The van der Waals surface area contributed by atoms with Crippen LogP contribution >= 0.6 is 6.49 Å². The van der Waals surface area contributed by atoms with Crippen LogP contribution in [0.4, 0.5) is 0 Å². The van der Waals surface area contributed by atoms with E-state index in [4.69, 9.17) is 20.9 Å². The van der Waals surface area contributed by atoms with Crippen molar-refractivity contribution in [2.45, 2.75) is 72.4 Å². The van der Waals surface area contributed by atoms with Crippen molar-refractivity contribution in [1.29, 1.82) is 0 Å². The van der Waals surface area contributed by atoms with Gasteiger partial charge < -0.3 is 14.2 Å². The van der Waals surface area contributed by atoms with E-state index in [9.17, 15) is 5.11 Å². The Labute approximate surface area is 152 Å². The number of benzene rings is 1. The van der Waals surface area contributed by atoms with Gasteiger partial charge >= 0.3 is 0 Å². The van der Waals surface area contributed by atoms with Crippen molar-refractivity contribution in [2.75, 3.05) is 13.2 Å². The fourth-order valence-electron chi connectivity index (χ4n) is 2.67. The lowest BCUT2D eigenvalue weighted by molar-refractivity contribution is 0.266. The summed E-state index contributed by atoms with van der Waals surface area (Å²) >= 11 is 5.69. The van der Waals surface area contributed by atoms with Gasteiger partial charge in [0.05, 0.1) is 13.2 Å². The standard InChI is InChI=1S/C19H33O3PS/c1-9-21-23(24,22-10-2)13-14-11-15(18(3,4)5)17(20)16(12-14)19(6,7)8/h11-12,20H,9-10,13H2,1-8H3. The van der Waals surface area contributed by atoms with Crippen LogP contribution < -0.4 is 0 Å². The molecule has 0 saturated heterocycles. The Morgan fingerprint density at radius 1 is 0.917 bits per heavy atom. The summed E-state index contributed by atoms with van der Waals surface area (Å²) < 4.78 is 11.6. The maximum Gasteiger partial charge on any atom is 0.193 e. The molecule has 0 amide bonds. The molecule has 0 fully saturated rings. The zero-order chi connectivity index (χ0) is 18.8. The summed E-state index contributed by atoms with van der Waals surface area (Å²) in [6, 6.07) is 4.12. The third-order valence-corrected chi connectivity index (χ3v) is 6.89. The Hall–Kier alpha value is -0.410. The highest BCUT2D eigenvalue weighted by atomic mass is 32.5. The lowest BCUT2D eigenvalue weighted by atomic mass is 9.78. The summed E-state index contributed by atoms with van der Waals surface area (Å²) in [4.78, 5) is 0. The van der Waals surface area contributed by atoms with E-state index in [1.807, 2.05) is 13.8 Å². The van der Waals surface area contributed by atoms with Crippen LogP contribution in [0.15, 0.2) is 12.1 Å². The zero-order valence-electron chi connectivity index (χ0n) is 16.4. The van der Waals surface area contributed by atoms with Gasteiger partial charge in [0.25, 0.3) is 0 Å². The van der Waals surface area contributed by atoms with Crippen molar-refractivity contribution in [2.24, 2.45) is 0 Å². The zero-order valence-corrected chi connectivity index (χ0v) is 18.1. The minimum Gasteiger partial charge on any atom is -0.507 e. The Kier molecular flexibility index (Phi) is 7.09. The van der Waals surface area contributed by atoms with E-state index in [0.29, 0.717) is 25.1 Å². The monoisotopic (exact) mass is 372 g/mol. The van der Waals surface area contributed by atoms with Gasteiger partial charge in [0.2, 0.25) is 0 Å². The molecule has 1 aromatic rings. The number of phenols is 1.